The fourth-order valence-corrected chi connectivity index (χ4v) is 5.87. The fourth-order valence-electron chi connectivity index (χ4n) is 3.94. The number of hydrogen-bond acceptors (Lipinski definition) is 8. The molecule has 1 amide bonds. The molecule has 0 saturated carbocycles. The number of nitrogens with two attached hydrogens (primary N) is 1. The zero-order valence-corrected chi connectivity index (χ0v) is 21.4. The topological polar surface area (TPSA) is 124 Å². The molecular weight excluding hydrogens is 496 g/mol. The predicted molar refractivity (Wildman–Crippen MR) is 144 cm³/mol. The number of amides is 1. The second-order valence-corrected chi connectivity index (χ2v) is 10.3. The minimum Gasteiger partial charge on any atom is -0.334 e. The van der Waals surface area contributed by atoms with E-state index in [0.29, 0.717) is 43.4 Å². The summed E-state index contributed by atoms with van der Waals surface area (Å²) in [5.74, 6) is 6.07. The highest BCUT2D eigenvalue weighted by molar-refractivity contribution is 7.98. The highest BCUT2D eigenvalue weighted by atomic mass is 32.2. The number of pyridine rings is 1. The minimum absolute atomic E-state index is 0.196. The van der Waals surface area contributed by atoms with Gasteiger partial charge >= 0.3 is 0 Å². The van der Waals surface area contributed by atoms with Gasteiger partial charge in [0.1, 0.15) is 10.5 Å². The van der Waals surface area contributed by atoms with E-state index in [1.807, 2.05) is 32.0 Å². The Kier molecular flexibility index (Phi) is 6.10. The molecule has 0 saturated heterocycles. The van der Waals surface area contributed by atoms with E-state index in [1.54, 1.807) is 31.3 Å². The Labute approximate surface area is 213 Å². The van der Waals surface area contributed by atoms with Crippen molar-refractivity contribution in [1.82, 2.24) is 19.0 Å². The lowest BCUT2D eigenvalue weighted by Gasteiger charge is -2.08. The molecule has 11 heteroatoms. The molecule has 5 aromatic rings. The van der Waals surface area contributed by atoms with Gasteiger partial charge in [-0.25, -0.2) is 14.6 Å². The van der Waals surface area contributed by atoms with Gasteiger partial charge in [0.05, 0.1) is 16.0 Å². The minimum atomic E-state index is -0.437. The Morgan fingerprint density at radius 2 is 1.92 bits per heavy atom. The Morgan fingerprint density at radius 3 is 2.69 bits per heavy atom. The van der Waals surface area contributed by atoms with Crippen LogP contribution >= 0.6 is 23.1 Å². The lowest BCUT2D eigenvalue weighted by molar-refractivity contribution is 0.103. The third-order valence-corrected chi connectivity index (χ3v) is 7.94. The zero-order chi connectivity index (χ0) is 25.6. The van der Waals surface area contributed by atoms with E-state index >= 15 is 0 Å². The van der Waals surface area contributed by atoms with Crippen molar-refractivity contribution in [3.8, 4) is 0 Å². The summed E-state index contributed by atoms with van der Waals surface area (Å²) in [4.78, 5) is 48.4. The summed E-state index contributed by atoms with van der Waals surface area (Å²) >= 11 is 2.35. The summed E-state index contributed by atoms with van der Waals surface area (Å²) in [5, 5.41) is 3.52. The number of benzene rings is 1. The van der Waals surface area contributed by atoms with Crippen LogP contribution in [0.4, 0.5) is 5.69 Å². The number of thiophene rings is 1. The van der Waals surface area contributed by atoms with Gasteiger partial charge < -0.3 is 11.2 Å². The van der Waals surface area contributed by atoms with E-state index in [1.165, 1.54) is 22.2 Å². The SMILES string of the molecule is Cc1ccc(NC(=O)c2sc3nc(SCc4cc(=O)n5ccccc5n4)n(N)c(=O)c3c2C)c(C)c1. The van der Waals surface area contributed by atoms with Gasteiger partial charge in [-0.15, -0.1) is 11.3 Å². The molecule has 4 heterocycles. The van der Waals surface area contributed by atoms with Gasteiger partial charge in [-0.3, -0.25) is 18.8 Å². The Balaban J connectivity index is 1.45. The molecule has 9 nitrogen and oxygen atoms in total. The van der Waals surface area contributed by atoms with Crippen molar-refractivity contribution in [3.05, 3.63) is 96.6 Å². The first-order chi connectivity index (χ1) is 17.2. The summed E-state index contributed by atoms with van der Waals surface area (Å²) in [7, 11) is 0. The van der Waals surface area contributed by atoms with Crippen molar-refractivity contribution in [3.63, 3.8) is 0 Å². The van der Waals surface area contributed by atoms with Gasteiger partial charge in [0.15, 0.2) is 5.16 Å². The maximum atomic E-state index is 13.1. The van der Waals surface area contributed by atoms with Crippen LogP contribution in [-0.2, 0) is 5.75 Å². The number of thioether (sulfide) groups is 1. The molecular formula is C25H22N6O3S2. The molecule has 0 fully saturated rings. The third-order valence-electron chi connectivity index (χ3n) is 5.77. The lowest BCUT2D eigenvalue weighted by atomic mass is 10.1. The van der Waals surface area contributed by atoms with E-state index in [0.717, 1.165) is 27.1 Å². The molecule has 0 spiro atoms. The normalized spacial score (nSPS) is 11.3. The Bertz CT molecular complexity index is 1790. The number of hydrogen-bond donors (Lipinski definition) is 2. The first kappa shape index (κ1) is 23.8. The Morgan fingerprint density at radius 1 is 1.11 bits per heavy atom. The number of aryl methyl sites for hydroxylation is 3. The molecule has 0 aliphatic carbocycles. The standard InChI is InChI=1S/C25H22N6O3S2/c1-13-7-8-17(14(2)10-13)28-22(33)21-15(3)20-23(36-21)29-25(31(26)24(20)34)35-12-16-11-19(32)30-9-5-4-6-18(30)27-16/h4-11H,12,26H2,1-3H3,(H,28,33). The van der Waals surface area contributed by atoms with Crippen LogP contribution in [0.1, 0.15) is 32.1 Å². The molecule has 5 rings (SSSR count). The predicted octanol–water partition coefficient (Wildman–Crippen LogP) is 3.65. The van der Waals surface area contributed by atoms with Gasteiger partial charge in [-0.05, 0) is 50.1 Å². The quantitative estimate of drug-likeness (QED) is 0.207. The van der Waals surface area contributed by atoms with Crippen molar-refractivity contribution < 1.29 is 4.79 Å². The van der Waals surface area contributed by atoms with Gasteiger partial charge in [-0.2, -0.15) is 0 Å². The third kappa shape index (κ3) is 4.27. The second kappa shape index (κ2) is 9.25. The van der Waals surface area contributed by atoms with E-state index < -0.39 is 5.56 Å². The zero-order valence-electron chi connectivity index (χ0n) is 19.7. The van der Waals surface area contributed by atoms with E-state index in [4.69, 9.17) is 5.84 Å². The number of nitrogens with zero attached hydrogens (tertiary/aromatic N) is 4. The van der Waals surface area contributed by atoms with E-state index in [9.17, 15) is 14.4 Å². The monoisotopic (exact) mass is 518 g/mol. The number of carbonyl (C=O) groups is 1. The molecule has 36 heavy (non-hydrogen) atoms. The highest BCUT2D eigenvalue weighted by Gasteiger charge is 2.22. The van der Waals surface area contributed by atoms with Crippen molar-refractivity contribution >= 4 is 50.6 Å². The number of rotatable bonds is 5. The second-order valence-electron chi connectivity index (χ2n) is 8.38. The van der Waals surface area contributed by atoms with Gasteiger partial charge in [0.25, 0.3) is 17.0 Å². The maximum absolute atomic E-state index is 13.1. The molecule has 0 atom stereocenters. The van der Waals surface area contributed by atoms with Crippen LogP contribution in [0, 0.1) is 20.8 Å². The molecule has 4 aromatic heterocycles. The number of nitrogens with one attached hydrogen (secondary N) is 1. The summed E-state index contributed by atoms with van der Waals surface area (Å²) in [6.45, 7) is 5.64. The van der Waals surface area contributed by atoms with Crippen molar-refractivity contribution in [1.29, 1.82) is 0 Å². The van der Waals surface area contributed by atoms with Crippen LogP contribution in [0.5, 0.6) is 0 Å². The number of nitrogen functional groups attached to an aromatic ring is 1. The average Bonchev–Trinajstić information content (AvgIpc) is 3.18. The Hall–Kier alpha value is -3.96. The van der Waals surface area contributed by atoms with Crippen LogP contribution in [0.25, 0.3) is 15.9 Å². The lowest BCUT2D eigenvalue weighted by Crippen LogP contribution is -2.29. The first-order valence-electron chi connectivity index (χ1n) is 11.0. The van der Waals surface area contributed by atoms with E-state index in [2.05, 4.69) is 15.3 Å². The number of aromatic nitrogens is 4. The first-order valence-corrected chi connectivity index (χ1v) is 12.8. The van der Waals surface area contributed by atoms with Crippen molar-refractivity contribution in [2.45, 2.75) is 31.7 Å². The van der Waals surface area contributed by atoms with Crippen LogP contribution < -0.4 is 22.3 Å². The summed E-state index contributed by atoms with van der Waals surface area (Å²) in [6, 6.07) is 12.5. The maximum Gasteiger partial charge on any atom is 0.281 e. The average molecular weight is 519 g/mol. The molecule has 0 radical (unpaired) electrons. The van der Waals surface area contributed by atoms with Gasteiger partial charge in [0.2, 0.25) is 0 Å². The highest BCUT2D eigenvalue weighted by Crippen LogP contribution is 2.30. The summed E-state index contributed by atoms with van der Waals surface area (Å²) in [5.41, 5.74) is 3.74. The smallest absolute Gasteiger partial charge is 0.281 e. The van der Waals surface area contributed by atoms with Crippen LogP contribution in [0.2, 0.25) is 0 Å². The molecule has 0 unspecified atom stereocenters. The number of carbonyl (C=O) groups excluding carboxylic acids is 1. The largest absolute Gasteiger partial charge is 0.334 e. The van der Waals surface area contributed by atoms with Crippen LogP contribution in [0.3, 0.4) is 0 Å². The van der Waals surface area contributed by atoms with E-state index in [-0.39, 0.29) is 16.6 Å². The molecule has 1 aromatic carbocycles. The summed E-state index contributed by atoms with van der Waals surface area (Å²) < 4.78 is 2.43. The number of fused-ring (bicyclic) bond motifs is 2. The van der Waals surface area contributed by atoms with Crippen molar-refractivity contribution in [2.24, 2.45) is 0 Å². The molecule has 3 N–H and O–H groups in total. The van der Waals surface area contributed by atoms with Crippen LogP contribution in [-0.4, -0.2) is 25.0 Å². The molecule has 0 bridgehead atoms. The molecule has 182 valence electrons. The summed E-state index contributed by atoms with van der Waals surface area (Å²) in [6.07, 6.45) is 1.65. The molecule has 0 aliphatic rings. The van der Waals surface area contributed by atoms with Crippen molar-refractivity contribution in [2.75, 3.05) is 11.2 Å². The number of anilines is 1. The molecule has 0 aliphatic heterocycles. The van der Waals surface area contributed by atoms with Gasteiger partial charge in [0, 0.05) is 23.7 Å². The van der Waals surface area contributed by atoms with Gasteiger partial charge in [-0.1, -0.05) is 35.5 Å². The van der Waals surface area contributed by atoms with Crippen LogP contribution in [0.15, 0.2) is 63.4 Å². The fraction of sp³-hybridized carbons (Fsp3) is 0.160.